The van der Waals surface area contributed by atoms with E-state index in [1.807, 2.05) is 18.2 Å². The zero-order chi connectivity index (χ0) is 47.5. The van der Waals surface area contributed by atoms with Gasteiger partial charge in [-0.25, -0.2) is 0 Å². The Morgan fingerprint density at radius 1 is 0.612 bits per heavy atom. The molecule has 5 aliphatic rings. The predicted molar refractivity (Wildman–Crippen MR) is 250 cm³/mol. The minimum Gasteiger partial charge on any atom is -0.347 e. The molecule has 17 heteroatoms. The Labute approximate surface area is 393 Å². The van der Waals surface area contributed by atoms with E-state index in [0.29, 0.717) is 6.29 Å². The molecule has 7 rings (SSSR count). The number of nitrogens with one attached hydrogen (secondary N) is 7. The number of carbonyl (C=O) groups is 8. The average molecular weight is 924 g/mol. The van der Waals surface area contributed by atoms with Crippen LogP contribution in [0.4, 0.5) is 0 Å². The van der Waals surface area contributed by atoms with Gasteiger partial charge in [-0.1, -0.05) is 62.8 Å². The third kappa shape index (κ3) is 12.3. The molecule has 7 amide bonds. The van der Waals surface area contributed by atoms with Gasteiger partial charge in [-0.15, -0.1) is 0 Å². The van der Waals surface area contributed by atoms with Crippen LogP contribution in [0.25, 0.3) is 0 Å². The molecule has 0 radical (unpaired) electrons. The summed E-state index contributed by atoms with van der Waals surface area (Å²) < 4.78 is 0. The summed E-state index contributed by atoms with van der Waals surface area (Å²) in [5, 5.41) is 20.8. The van der Waals surface area contributed by atoms with Crippen LogP contribution in [0.2, 0.25) is 0 Å². The van der Waals surface area contributed by atoms with E-state index in [1.165, 1.54) is 34.7 Å². The molecule has 67 heavy (non-hydrogen) atoms. The summed E-state index contributed by atoms with van der Waals surface area (Å²) in [4.78, 5) is 111. The number of likely N-dealkylation sites (N-methyl/N-ethyl adjacent to an activating group) is 2. The SMILES string of the molecule is CNCC(=O)NC(C(=O)N1CC(NC(=O)c2ccc(C(=O)NC3CC(C(=O)NC4CCCc5ccccc54)N(C(=O)C(NC(=O)CNC)C4CCCCC4)C3)cc2)CC1C=O)C1CCCCC1. The van der Waals surface area contributed by atoms with Crippen molar-refractivity contribution in [1.82, 2.24) is 47.0 Å². The van der Waals surface area contributed by atoms with E-state index < -0.39 is 48.1 Å². The van der Waals surface area contributed by atoms with Gasteiger partial charge >= 0.3 is 0 Å². The van der Waals surface area contributed by atoms with Gasteiger partial charge in [0.25, 0.3) is 11.8 Å². The molecule has 0 aromatic heterocycles. The Hall–Kier alpha value is -5.68. The van der Waals surface area contributed by atoms with Gasteiger partial charge in [0.15, 0.2) is 0 Å². The fraction of sp³-hybridized carbons (Fsp3) is 0.600. The number of benzene rings is 2. The molecule has 2 aromatic carbocycles. The molecular weight excluding hydrogens is 855 g/mol. The van der Waals surface area contributed by atoms with Crippen molar-refractivity contribution in [3.05, 3.63) is 70.8 Å². The van der Waals surface area contributed by atoms with Crippen molar-refractivity contribution in [2.24, 2.45) is 11.8 Å². The van der Waals surface area contributed by atoms with Crippen LogP contribution < -0.4 is 37.2 Å². The van der Waals surface area contributed by atoms with Crippen LogP contribution in [0.5, 0.6) is 0 Å². The van der Waals surface area contributed by atoms with Crippen LogP contribution >= 0.6 is 0 Å². The van der Waals surface area contributed by atoms with E-state index in [9.17, 15) is 38.4 Å². The van der Waals surface area contributed by atoms with E-state index in [0.717, 1.165) is 89.0 Å². The zero-order valence-electron chi connectivity index (χ0n) is 39.0. The van der Waals surface area contributed by atoms with Crippen LogP contribution in [0, 0.1) is 11.8 Å². The summed E-state index contributed by atoms with van der Waals surface area (Å²) in [5.74, 6) is -2.55. The van der Waals surface area contributed by atoms with Crippen LogP contribution in [0.15, 0.2) is 48.5 Å². The third-order valence-electron chi connectivity index (χ3n) is 14.5. The fourth-order valence-corrected chi connectivity index (χ4v) is 11.1. The topological polar surface area (TPSA) is 227 Å². The summed E-state index contributed by atoms with van der Waals surface area (Å²) in [6.45, 7) is 0.282. The quantitative estimate of drug-likeness (QED) is 0.114. The lowest BCUT2D eigenvalue weighted by molar-refractivity contribution is -0.143. The number of hydrogen-bond acceptors (Lipinski definition) is 10. The maximum Gasteiger partial charge on any atom is 0.251 e. The van der Waals surface area contributed by atoms with Gasteiger partial charge < -0.3 is 51.8 Å². The maximum atomic E-state index is 14.7. The minimum absolute atomic E-state index is 0.0409. The van der Waals surface area contributed by atoms with Gasteiger partial charge in [0.05, 0.1) is 25.2 Å². The predicted octanol–water partition coefficient (Wildman–Crippen LogP) is 2.05. The van der Waals surface area contributed by atoms with E-state index in [2.05, 4.69) is 43.3 Å². The Bertz CT molecular complexity index is 2110. The lowest BCUT2D eigenvalue weighted by Crippen LogP contribution is -2.57. The van der Waals surface area contributed by atoms with Gasteiger partial charge in [0.1, 0.15) is 24.4 Å². The Kier molecular flexibility index (Phi) is 17.2. The summed E-state index contributed by atoms with van der Waals surface area (Å²) in [7, 11) is 3.32. The molecule has 2 saturated heterocycles. The molecular formula is C50H69N9O8. The number of hydrogen-bond donors (Lipinski definition) is 7. The van der Waals surface area contributed by atoms with Crippen molar-refractivity contribution in [1.29, 1.82) is 0 Å². The number of amides is 7. The second-order valence-electron chi connectivity index (χ2n) is 19.2. The monoisotopic (exact) mass is 924 g/mol. The Morgan fingerprint density at radius 3 is 1.66 bits per heavy atom. The number of aryl methyl sites for hydroxylation is 1. The van der Waals surface area contributed by atoms with Crippen molar-refractivity contribution in [3.8, 4) is 0 Å². The molecule has 0 bridgehead atoms. The number of rotatable bonds is 17. The number of fused-ring (bicyclic) bond motifs is 1. The van der Waals surface area contributed by atoms with Crippen LogP contribution in [0.1, 0.15) is 128 Å². The number of carbonyl (C=O) groups excluding carboxylic acids is 8. The molecule has 17 nitrogen and oxygen atoms in total. The van der Waals surface area contributed by atoms with E-state index in [1.54, 1.807) is 19.0 Å². The molecule has 2 aliphatic heterocycles. The molecule has 3 aliphatic carbocycles. The maximum absolute atomic E-state index is 14.7. The van der Waals surface area contributed by atoms with Crippen LogP contribution in [-0.2, 0) is 35.2 Å². The summed E-state index contributed by atoms with van der Waals surface area (Å²) >= 11 is 0. The van der Waals surface area contributed by atoms with E-state index in [4.69, 9.17) is 0 Å². The van der Waals surface area contributed by atoms with Gasteiger partial charge in [-0.2, -0.15) is 0 Å². The fourth-order valence-electron chi connectivity index (χ4n) is 11.1. The van der Waals surface area contributed by atoms with Gasteiger partial charge in [-0.05, 0) is 119 Å². The molecule has 362 valence electrons. The molecule has 7 N–H and O–H groups in total. The first kappa shape index (κ1) is 49.2. The van der Waals surface area contributed by atoms with Crippen molar-refractivity contribution in [2.75, 3.05) is 40.3 Å². The first-order valence-corrected chi connectivity index (χ1v) is 24.5. The molecule has 0 spiro atoms. The highest BCUT2D eigenvalue weighted by molar-refractivity contribution is 5.99. The van der Waals surface area contributed by atoms with Crippen LogP contribution in [0.3, 0.4) is 0 Å². The second-order valence-corrected chi connectivity index (χ2v) is 19.2. The van der Waals surface area contributed by atoms with Gasteiger partial charge in [0.2, 0.25) is 29.5 Å². The molecule has 2 heterocycles. The number of likely N-dealkylation sites (tertiary alicyclic amines) is 2. The Balaban J connectivity index is 1.01. The second kappa shape index (κ2) is 23.4. The smallest absolute Gasteiger partial charge is 0.251 e. The largest absolute Gasteiger partial charge is 0.347 e. The third-order valence-corrected chi connectivity index (χ3v) is 14.5. The van der Waals surface area contributed by atoms with E-state index >= 15 is 0 Å². The summed E-state index contributed by atoms with van der Waals surface area (Å²) in [6.07, 6.45) is 12.8. The van der Waals surface area contributed by atoms with Crippen molar-refractivity contribution < 1.29 is 38.4 Å². The lowest BCUT2D eigenvalue weighted by atomic mass is 9.83. The van der Waals surface area contributed by atoms with E-state index in [-0.39, 0.29) is 97.6 Å². The minimum atomic E-state index is -0.888. The zero-order valence-corrected chi connectivity index (χ0v) is 39.0. The highest BCUT2D eigenvalue weighted by Crippen LogP contribution is 2.33. The molecule has 2 aromatic rings. The van der Waals surface area contributed by atoms with Gasteiger partial charge in [-0.3, -0.25) is 33.6 Å². The highest BCUT2D eigenvalue weighted by Gasteiger charge is 2.46. The average Bonchev–Trinajstić information content (AvgIpc) is 3.97. The summed E-state index contributed by atoms with van der Waals surface area (Å²) in [5.41, 5.74) is 2.80. The first-order chi connectivity index (χ1) is 32.5. The molecule has 2 saturated carbocycles. The highest BCUT2D eigenvalue weighted by atomic mass is 16.2. The first-order valence-electron chi connectivity index (χ1n) is 24.5. The normalized spacial score (nSPS) is 24.1. The van der Waals surface area contributed by atoms with Crippen molar-refractivity contribution in [2.45, 2.75) is 139 Å². The molecule has 7 unspecified atom stereocenters. The Morgan fingerprint density at radius 2 is 1.12 bits per heavy atom. The van der Waals surface area contributed by atoms with Gasteiger partial charge in [0, 0.05) is 36.3 Å². The molecule has 4 fully saturated rings. The van der Waals surface area contributed by atoms with Crippen LogP contribution in [-0.4, -0.2) is 134 Å². The lowest BCUT2D eigenvalue weighted by Gasteiger charge is -2.35. The molecule has 7 atom stereocenters. The number of nitrogens with zero attached hydrogens (tertiary/aromatic N) is 2. The van der Waals surface area contributed by atoms with Crippen molar-refractivity contribution in [3.63, 3.8) is 0 Å². The summed E-state index contributed by atoms with van der Waals surface area (Å²) in [6, 6.07) is 9.64. The number of aldehydes is 1. The van der Waals surface area contributed by atoms with Crippen molar-refractivity contribution >= 4 is 47.6 Å². The standard InChI is InChI=1S/C50H69N9O8/c1-51-26-42(61)56-44(32-13-5-3-6-14-32)49(66)58-28-36(24-38(58)30-60)53-46(63)34-20-22-35(23-21-34)47(64)54-37-25-41(48(65)55-40-19-11-17-31-12-9-10-18-39(31)40)59(29-37)50(67)45(57-43(62)27-52-2)33-15-7-4-8-16-33/h9-10,12,18,20-23,30,32-33,36-38,40-41,44-45,51-52H,3-8,11,13-17,19,24-29H2,1-2H3,(H,53,63)(H,54,64)(H,55,65)(H,56,61)(H,57,62).